The second-order valence-corrected chi connectivity index (χ2v) is 4.34. The molecular formula is C17H14O3. The van der Waals surface area contributed by atoms with Crippen LogP contribution < -0.4 is 0 Å². The minimum absolute atomic E-state index is 0.192. The number of hydrogen-bond acceptors (Lipinski definition) is 2. The number of aliphatic carboxylic acids is 1. The summed E-state index contributed by atoms with van der Waals surface area (Å²) in [6.07, 6.45) is 0. The predicted molar refractivity (Wildman–Crippen MR) is 77.2 cm³/mol. The Kier molecular flexibility index (Phi) is 4.11. The van der Waals surface area contributed by atoms with Gasteiger partial charge < -0.3 is 5.11 Å². The second kappa shape index (κ2) is 5.97. The molecule has 0 amide bonds. The molecule has 0 heterocycles. The highest BCUT2D eigenvalue weighted by atomic mass is 16.4. The van der Waals surface area contributed by atoms with Gasteiger partial charge in [0.15, 0.2) is 5.78 Å². The first-order chi connectivity index (χ1) is 9.61. The van der Waals surface area contributed by atoms with Crippen molar-refractivity contribution in [1.29, 1.82) is 0 Å². The van der Waals surface area contributed by atoms with Crippen LogP contribution in [0.2, 0.25) is 0 Å². The molecule has 0 bridgehead atoms. The maximum Gasteiger partial charge on any atom is 0.339 e. The summed E-state index contributed by atoms with van der Waals surface area (Å²) in [7, 11) is 0. The zero-order valence-corrected chi connectivity index (χ0v) is 11.0. The smallest absolute Gasteiger partial charge is 0.339 e. The number of rotatable bonds is 4. The van der Waals surface area contributed by atoms with Crippen molar-refractivity contribution in [2.75, 3.05) is 0 Å². The third-order valence-corrected chi connectivity index (χ3v) is 2.94. The monoisotopic (exact) mass is 266 g/mol. The number of hydrogen-bond donors (Lipinski definition) is 1. The van der Waals surface area contributed by atoms with E-state index in [0.29, 0.717) is 16.7 Å². The standard InChI is InChI=1S/C17H14O3/c1-12(18)15(17(19)20)16(13-8-4-2-5-9-13)14-10-6-3-7-11-14/h2-11H,1H3,(H,19,20). The van der Waals surface area contributed by atoms with Crippen LogP contribution in [0.4, 0.5) is 0 Å². The molecule has 20 heavy (non-hydrogen) atoms. The molecule has 3 nitrogen and oxygen atoms in total. The van der Waals surface area contributed by atoms with E-state index in [1.165, 1.54) is 6.92 Å². The molecule has 2 aromatic rings. The molecule has 0 aliphatic carbocycles. The highest BCUT2D eigenvalue weighted by Crippen LogP contribution is 2.27. The number of benzene rings is 2. The van der Waals surface area contributed by atoms with Crippen molar-refractivity contribution >= 4 is 17.3 Å². The fraction of sp³-hybridized carbons (Fsp3) is 0.0588. The van der Waals surface area contributed by atoms with Crippen molar-refractivity contribution in [2.24, 2.45) is 0 Å². The highest BCUT2D eigenvalue weighted by molar-refractivity contribution is 6.23. The van der Waals surface area contributed by atoms with Gasteiger partial charge in [0.1, 0.15) is 5.57 Å². The van der Waals surface area contributed by atoms with Gasteiger partial charge >= 0.3 is 5.97 Å². The van der Waals surface area contributed by atoms with Gasteiger partial charge in [0.05, 0.1) is 0 Å². The average molecular weight is 266 g/mol. The zero-order chi connectivity index (χ0) is 14.5. The highest BCUT2D eigenvalue weighted by Gasteiger charge is 2.21. The lowest BCUT2D eigenvalue weighted by atomic mass is 9.91. The summed E-state index contributed by atoms with van der Waals surface area (Å²) in [4.78, 5) is 23.2. The number of ketones is 1. The minimum Gasteiger partial charge on any atom is -0.478 e. The van der Waals surface area contributed by atoms with Crippen LogP contribution in [0.1, 0.15) is 18.1 Å². The van der Waals surface area contributed by atoms with Gasteiger partial charge in [-0.15, -0.1) is 0 Å². The topological polar surface area (TPSA) is 54.4 Å². The Morgan fingerprint density at radius 1 is 0.800 bits per heavy atom. The third kappa shape index (κ3) is 2.83. The molecular weight excluding hydrogens is 252 g/mol. The summed E-state index contributed by atoms with van der Waals surface area (Å²) in [6, 6.07) is 18.2. The van der Waals surface area contributed by atoms with Crippen molar-refractivity contribution in [3.05, 3.63) is 77.4 Å². The normalized spacial score (nSPS) is 9.85. The molecule has 1 N–H and O–H groups in total. The molecule has 0 aliphatic rings. The summed E-state index contributed by atoms with van der Waals surface area (Å²) in [5, 5.41) is 9.36. The second-order valence-electron chi connectivity index (χ2n) is 4.34. The zero-order valence-electron chi connectivity index (χ0n) is 11.0. The van der Waals surface area contributed by atoms with Gasteiger partial charge in [-0.3, -0.25) is 4.79 Å². The fourth-order valence-electron chi connectivity index (χ4n) is 2.10. The average Bonchev–Trinajstić information content (AvgIpc) is 2.45. The van der Waals surface area contributed by atoms with E-state index in [1.807, 2.05) is 36.4 Å². The first-order valence-electron chi connectivity index (χ1n) is 6.20. The Hall–Kier alpha value is -2.68. The Morgan fingerprint density at radius 2 is 1.20 bits per heavy atom. The Morgan fingerprint density at radius 3 is 1.50 bits per heavy atom. The molecule has 0 radical (unpaired) electrons. The van der Waals surface area contributed by atoms with E-state index in [-0.39, 0.29) is 5.57 Å². The maximum atomic E-state index is 11.7. The van der Waals surface area contributed by atoms with Crippen LogP contribution in [0, 0.1) is 0 Å². The number of carboxylic acid groups (broad SMARTS) is 1. The van der Waals surface area contributed by atoms with Crippen LogP contribution in [0.15, 0.2) is 66.2 Å². The molecule has 3 heteroatoms. The maximum absolute atomic E-state index is 11.7. The molecule has 2 aromatic carbocycles. The van der Waals surface area contributed by atoms with Crippen molar-refractivity contribution in [2.45, 2.75) is 6.92 Å². The third-order valence-electron chi connectivity index (χ3n) is 2.94. The quantitative estimate of drug-likeness (QED) is 0.525. The van der Waals surface area contributed by atoms with E-state index < -0.39 is 11.8 Å². The van der Waals surface area contributed by atoms with Gasteiger partial charge in [-0.05, 0) is 18.1 Å². The lowest BCUT2D eigenvalue weighted by Gasteiger charge is -2.11. The van der Waals surface area contributed by atoms with Gasteiger partial charge in [-0.25, -0.2) is 4.79 Å². The summed E-state index contributed by atoms with van der Waals surface area (Å²) in [5.74, 6) is -1.67. The number of carbonyl (C=O) groups excluding carboxylic acids is 1. The van der Waals surface area contributed by atoms with Crippen LogP contribution >= 0.6 is 0 Å². The molecule has 0 fully saturated rings. The fourth-order valence-corrected chi connectivity index (χ4v) is 2.10. The first kappa shape index (κ1) is 13.7. The predicted octanol–water partition coefficient (Wildman–Crippen LogP) is 3.16. The molecule has 0 saturated heterocycles. The molecule has 100 valence electrons. The Balaban J connectivity index is 2.77. The summed E-state index contributed by atoms with van der Waals surface area (Å²) in [5.41, 5.74) is 1.69. The van der Waals surface area contributed by atoms with Crippen molar-refractivity contribution in [3.8, 4) is 0 Å². The van der Waals surface area contributed by atoms with Gasteiger partial charge in [0, 0.05) is 5.57 Å². The lowest BCUT2D eigenvalue weighted by Crippen LogP contribution is -2.12. The number of Topliss-reactive ketones (excluding diaryl/α,β-unsaturated/α-hetero) is 1. The minimum atomic E-state index is -1.21. The van der Waals surface area contributed by atoms with Crippen LogP contribution in [0.25, 0.3) is 5.57 Å². The van der Waals surface area contributed by atoms with E-state index >= 15 is 0 Å². The SMILES string of the molecule is CC(=O)C(C(=O)O)=C(c1ccccc1)c1ccccc1. The van der Waals surface area contributed by atoms with Crippen LogP contribution in [0.5, 0.6) is 0 Å². The number of carboxylic acids is 1. The molecule has 0 aromatic heterocycles. The summed E-state index contributed by atoms with van der Waals surface area (Å²) in [6.45, 7) is 1.27. The van der Waals surface area contributed by atoms with Crippen LogP contribution in [-0.2, 0) is 9.59 Å². The van der Waals surface area contributed by atoms with E-state index in [2.05, 4.69) is 0 Å². The van der Waals surface area contributed by atoms with Crippen molar-refractivity contribution in [3.63, 3.8) is 0 Å². The van der Waals surface area contributed by atoms with Gasteiger partial charge in [-0.1, -0.05) is 60.7 Å². The van der Waals surface area contributed by atoms with Crippen LogP contribution in [0.3, 0.4) is 0 Å². The Bertz CT molecular complexity index is 598. The largest absolute Gasteiger partial charge is 0.478 e. The molecule has 2 rings (SSSR count). The van der Waals surface area contributed by atoms with E-state index in [9.17, 15) is 14.7 Å². The first-order valence-corrected chi connectivity index (χ1v) is 6.20. The summed E-state index contributed by atoms with van der Waals surface area (Å²) < 4.78 is 0. The molecule has 0 aliphatic heterocycles. The van der Waals surface area contributed by atoms with Gasteiger partial charge in [0.2, 0.25) is 0 Å². The molecule has 0 saturated carbocycles. The van der Waals surface area contributed by atoms with E-state index in [1.54, 1.807) is 24.3 Å². The van der Waals surface area contributed by atoms with Gasteiger partial charge in [-0.2, -0.15) is 0 Å². The number of carbonyl (C=O) groups is 2. The lowest BCUT2D eigenvalue weighted by molar-refractivity contribution is -0.134. The molecule has 0 spiro atoms. The van der Waals surface area contributed by atoms with E-state index in [4.69, 9.17) is 0 Å². The van der Waals surface area contributed by atoms with E-state index in [0.717, 1.165) is 0 Å². The van der Waals surface area contributed by atoms with Crippen LogP contribution in [-0.4, -0.2) is 16.9 Å². The Labute approximate surface area is 117 Å². The van der Waals surface area contributed by atoms with Crippen molar-refractivity contribution in [1.82, 2.24) is 0 Å². The summed E-state index contributed by atoms with van der Waals surface area (Å²) >= 11 is 0. The van der Waals surface area contributed by atoms with Crippen molar-refractivity contribution < 1.29 is 14.7 Å². The van der Waals surface area contributed by atoms with Gasteiger partial charge in [0.25, 0.3) is 0 Å². The molecule has 0 atom stereocenters. The molecule has 0 unspecified atom stereocenters.